The highest BCUT2D eigenvalue weighted by Crippen LogP contribution is 2.36. The molecule has 28 heavy (non-hydrogen) atoms. The average Bonchev–Trinajstić information content (AvgIpc) is 2.70. The van der Waals surface area contributed by atoms with Crippen molar-refractivity contribution in [1.29, 1.82) is 0 Å². The Morgan fingerprint density at radius 1 is 1.07 bits per heavy atom. The van der Waals surface area contributed by atoms with Gasteiger partial charge in [-0.25, -0.2) is 4.79 Å². The number of carbonyl (C=O) groups excluding carboxylic acids is 1. The lowest BCUT2D eigenvalue weighted by molar-refractivity contribution is -0.574. The number of ether oxygens (including phenoxy) is 1. The number of hydrogen-bond donors (Lipinski definition) is 0. The number of esters is 1. The quantitative estimate of drug-likeness (QED) is 0.372. The van der Waals surface area contributed by atoms with Crippen molar-refractivity contribution in [1.82, 2.24) is 0 Å². The van der Waals surface area contributed by atoms with Gasteiger partial charge in [-0.05, 0) is 11.1 Å². The van der Waals surface area contributed by atoms with Gasteiger partial charge in [0.25, 0.3) is 0 Å². The Bertz CT molecular complexity index is 854. The van der Waals surface area contributed by atoms with Gasteiger partial charge in [0.05, 0.1) is 7.11 Å². The Hall–Kier alpha value is -3.55. The van der Waals surface area contributed by atoms with Gasteiger partial charge < -0.3 is 4.74 Å². The molecule has 0 amide bonds. The van der Waals surface area contributed by atoms with Gasteiger partial charge in [-0.3, -0.25) is 20.2 Å². The molecule has 0 aliphatic heterocycles. The molecular formula is C20H20N2O6. The van der Waals surface area contributed by atoms with Crippen molar-refractivity contribution in [2.24, 2.45) is 0 Å². The van der Waals surface area contributed by atoms with Gasteiger partial charge >= 0.3 is 11.5 Å². The smallest absolute Gasteiger partial charge is 0.385 e. The van der Waals surface area contributed by atoms with Crippen LogP contribution < -0.4 is 0 Å². The van der Waals surface area contributed by atoms with Crippen LogP contribution in [-0.4, -0.2) is 35.0 Å². The van der Waals surface area contributed by atoms with Gasteiger partial charge in [0.2, 0.25) is 6.54 Å². The van der Waals surface area contributed by atoms with Gasteiger partial charge in [0, 0.05) is 16.3 Å². The van der Waals surface area contributed by atoms with E-state index in [4.69, 9.17) is 4.74 Å². The lowest BCUT2D eigenvalue weighted by atomic mass is 9.77. The Kier molecular flexibility index (Phi) is 6.97. The molecule has 0 saturated heterocycles. The first-order valence-electron chi connectivity index (χ1n) is 8.53. The fraction of sp³-hybridized carbons (Fsp3) is 0.250. The standard InChI is InChI=1S/C20H20N2O6/c1-28-19(23)20(22(26)27,14-8-11-16-9-4-2-5-10-16)18(15-21(24)25)17-12-6-3-7-13-17/h2-13,18H,14-15H2,1H3/b11-8+/t18-,20-/m1/s1. The molecule has 0 N–H and O–H groups in total. The summed E-state index contributed by atoms with van der Waals surface area (Å²) < 4.78 is 4.73. The third-order valence-corrected chi connectivity index (χ3v) is 4.51. The van der Waals surface area contributed by atoms with E-state index < -0.39 is 33.8 Å². The molecular weight excluding hydrogens is 364 g/mol. The van der Waals surface area contributed by atoms with Crippen molar-refractivity contribution in [2.45, 2.75) is 17.9 Å². The summed E-state index contributed by atoms with van der Waals surface area (Å²) in [7, 11) is 1.04. The second-order valence-electron chi connectivity index (χ2n) is 6.17. The van der Waals surface area contributed by atoms with E-state index in [1.807, 2.05) is 6.07 Å². The maximum Gasteiger partial charge on any atom is 0.385 e. The van der Waals surface area contributed by atoms with E-state index >= 15 is 0 Å². The minimum atomic E-state index is -2.32. The summed E-state index contributed by atoms with van der Waals surface area (Å²) in [4.78, 5) is 34.6. The second-order valence-corrected chi connectivity index (χ2v) is 6.17. The van der Waals surface area contributed by atoms with Crippen LogP contribution in [0.15, 0.2) is 66.7 Å². The lowest BCUT2D eigenvalue weighted by Gasteiger charge is -2.28. The zero-order chi connectivity index (χ0) is 20.6. The SMILES string of the molecule is COC(=O)[C@@](C/C=C/c1ccccc1)([C@H](C[N+](=O)[O-])c1ccccc1)[N+](=O)[O-]. The highest BCUT2D eigenvalue weighted by Gasteiger charge is 2.60. The molecule has 2 aromatic rings. The largest absolute Gasteiger partial charge is 0.464 e. The summed E-state index contributed by atoms with van der Waals surface area (Å²) in [5.41, 5.74) is -1.21. The van der Waals surface area contributed by atoms with Crippen LogP contribution in [0.1, 0.15) is 23.5 Å². The molecule has 0 heterocycles. The lowest BCUT2D eigenvalue weighted by Crippen LogP contribution is -2.53. The van der Waals surface area contributed by atoms with Crippen molar-refractivity contribution >= 4 is 12.0 Å². The van der Waals surface area contributed by atoms with E-state index in [9.17, 15) is 25.0 Å². The number of nitro groups is 2. The molecule has 2 rings (SSSR count). The van der Waals surface area contributed by atoms with Crippen LogP contribution in [0.2, 0.25) is 0 Å². The Labute approximate surface area is 161 Å². The first kappa shape index (κ1) is 20.8. The molecule has 0 aliphatic rings. The minimum absolute atomic E-state index is 0.328. The molecule has 8 heteroatoms. The van der Waals surface area contributed by atoms with Crippen LogP contribution >= 0.6 is 0 Å². The molecule has 146 valence electrons. The third kappa shape index (κ3) is 4.59. The molecule has 0 spiro atoms. The van der Waals surface area contributed by atoms with Crippen LogP contribution in [-0.2, 0) is 9.53 Å². The molecule has 2 atom stereocenters. The van der Waals surface area contributed by atoms with Crippen molar-refractivity contribution in [2.75, 3.05) is 13.7 Å². The van der Waals surface area contributed by atoms with E-state index in [2.05, 4.69) is 0 Å². The predicted molar refractivity (Wildman–Crippen MR) is 103 cm³/mol. The van der Waals surface area contributed by atoms with Crippen molar-refractivity contribution in [3.63, 3.8) is 0 Å². The first-order valence-corrected chi connectivity index (χ1v) is 8.53. The molecule has 0 radical (unpaired) electrons. The van der Waals surface area contributed by atoms with E-state index in [-0.39, 0.29) is 6.42 Å². The molecule has 0 unspecified atom stereocenters. The molecule has 0 aliphatic carbocycles. The summed E-state index contributed by atoms with van der Waals surface area (Å²) in [6.45, 7) is -0.779. The number of methoxy groups -OCH3 is 1. The normalized spacial score (nSPS) is 14.2. The predicted octanol–water partition coefficient (Wildman–Crippen LogP) is 3.34. The molecule has 0 bridgehead atoms. The number of hydrogen-bond acceptors (Lipinski definition) is 6. The van der Waals surface area contributed by atoms with Crippen LogP contribution in [0.4, 0.5) is 0 Å². The number of rotatable bonds is 9. The fourth-order valence-electron chi connectivity index (χ4n) is 3.13. The van der Waals surface area contributed by atoms with E-state index in [1.54, 1.807) is 48.5 Å². The van der Waals surface area contributed by atoms with Gasteiger partial charge in [0.1, 0.15) is 5.92 Å². The van der Waals surface area contributed by atoms with E-state index in [0.717, 1.165) is 12.7 Å². The van der Waals surface area contributed by atoms with E-state index in [0.29, 0.717) is 5.56 Å². The monoisotopic (exact) mass is 384 g/mol. The van der Waals surface area contributed by atoms with Crippen LogP contribution in [0.3, 0.4) is 0 Å². The van der Waals surface area contributed by atoms with Crippen LogP contribution in [0.5, 0.6) is 0 Å². The second kappa shape index (κ2) is 9.40. The van der Waals surface area contributed by atoms with Crippen molar-refractivity contribution in [3.8, 4) is 0 Å². The summed E-state index contributed by atoms with van der Waals surface area (Å²) in [5, 5.41) is 23.4. The van der Waals surface area contributed by atoms with Gasteiger partial charge in [-0.1, -0.05) is 72.8 Å². The Morgan fingerprint density at radius 2 is 1.64 bits per heavy atom. The number of carbonyl (C=O) groups is 1. The first-order chi connectivity index (χ1) is 13.4. The number of nitrogens with zero attached hydrogens (tertiary/aromatic N) is 2. The summed E-state index contributed by atoms with van der Waals surface area (Å²) in [6, 6.07) is 17.0. The van der Waals surface area contributed by atoms with Crippen molar-refractivity contribution in [3.05, 3.63) is 98.1 Å². The topological polar surface area (TPSA) is 113 Å². The zero-order valence-corrected chi connectivity index (χ0v) is 15.3. The van der Waals surface area contributed by atoms with Gasteiger partial charge in [-0.15, -0.1) is 0 Å². The average molecular weight is 384 g/mol. The highest BCUT2D eigenvalue weighted by atomic mass is 16.6. The molecule has 0 fully saturated rings. The van der Waals surface area contributed by atoms with Crippen molar-refractivity contribution < 1.29 is 19.4 Å². The van der Waals surface area contributed by atoms with E-state index in [1.165, 1.54) is 18.2 Å². The fourth-order valence-corrected chi connectivity index (χ4v) is 3.13. The number of benzene rings is 2. The zero-order valence-electron chi connectivity index (χ0n) is 15.3. The van der Waals surface area contributed by atoms with Crippen LogP contribution in [0.25, 0.3) is 6.08 Å². The maximum atomic E-state index is 12.6. The Morgan fingerprint density at radius 3 is 2.14 bits per heavy atom. The highest BCUT2D eigenvalue weighted by molar-refractivity contribution is 5.81. The molecule has 2 aromatic carbocycles. The molecule has 8 nitrogen and oxygen atoms in total. The Balaban J connectivity index is 2.53. The summed E-state index contributed by atoms with van der Waals surface area (Å²) in [6.07, 6.45) is 2.76. The minimum Gasteiger partial charge on any atom is -0.464 e. The van der Waals surface area contributed by atoms with Gasteiger partial charge in [-0.2, -0.15) is 0 Å². The maximum absolute atomic E-state index is 12.6. The summed E-state index contributed by atoms with van der Waals surface area (Å²) in [5.74, 6) is -2.42. The van der Waals surface area contributed by atoms with Gasteiger partial charge in [0.15, 0.2) is 0 Å². The molecule has 0 saturated carbocycles. The molecule has 0 aromatic heterocycles. The summed E-state index contributed by atoms with van der Waals surface area (Å²) >= 11 is 0. The third-order valence-electron chi connectivity index (χ3n) is 4.51. The van der Waals surface area contributed by atoms with Crippen LogP contribution in [0, 0.1) is 20.2 Å².